The number of hydrogen-bond acceptors (Lipinski definition) is 8. The minimum atomic E-state index is -1.04. The van der Waals surface area contributed by atoms with Crippen molar-refractivity contribution in [1.82, 2.24) is 19.9 Å². The van der Waals surface area contributed by atoms with Gasteiger partial charge in [-0.1, -0.05) is 23.4 Å². The normalized spacial score (nSPS) is 22.0. The highest BCUT2D eigenvalue weighted by molar-refractivity contribution is 7.99. The number of nitrogens with zero attached hydrogens (tertiary/aromatic N) is 4. The van der Waals surface area contributed by atoms with Crippen LogP contribution in [-0.4, -0.2) is 57.6 Å². The number of nitrogen functional groups attached to an aromatic ring is 1. The first-order valence-electron chi connectivity index (χ1n) is 10.6. The van der Waals surface area contributed by atoms with Gasteiger partial charge in [0.1, 0.15) is 5.82 Å². The Labute approximate surface area is 200 Å². The molecule has 0 aliphatic carbocycles. The highest BCUT2D eigenvalue weighted by Gasteiger charge is 2.50. The van der Waals surface area contributed by atoms with E-state index in [0.717, 1.165) is 12.8 Å². The number of carbonyl (C=O) groups is 1. The predicted molar refractivity (Wildman–Crippen MR) is 126 cm³/mol. The molecule has 1 spiro atoms. The molecule has 2 atom stereocenters. The number of carboxylic acid groups (broad SMARTS) is 1. The van der Waals surface area contributed by atoms with Gasteiger partial charge in [0.25, 0.3) is 5.56 Å². The molecule has 0 bridgehead atoms. The molecule has 2 aromatic rings. The van der Waals surface area contributed by atoms with Gasteiger partial charge in [-0.25, -0.2) is 14.8 Å². The van der Waals surface area contributed by atoms with Gasteiger partial charge in [0.15, 0.2) is 0 Å². The summed E-state index contributed by atoms with van der Waals surface area (Å²) in [6, 6.07) is 1.46. The molecule has 4 rings (SSSR count). The van der Waals surface area contributed by atoms with Crippen molar-refractivity contribution in [3.63, 3.8) is 0 Å². The second-order valence-electron chi connectivity index (χ2n) is 8.59. The van der Waals surface area contributed by atoms with Crippen LogP contribution in [0.2, 0.25) is 5.02 Å². The van der Waals surface area contributed by atoms with Crippen LogP contribution in [0.5, 0.6) is 0 Å². The Morgan fingerprint density at radius 2 is 2.12 bits per heavy atom. The Bertz CT molecular complexity index is 1130. The molecule has 2 aromatic heterocycles. The number of amides is 1. The average Bonchev–Trinajstić information content (AvgIpc) is 3.06. The molecule has 178 valence electrons. The lowest BCUT2D eigenvalue weighted by molar-refractivity contribution is 0.0969. The number of aromatic nitrogens is 3. The monoisotopic (exact) mass is 494 g/mol. The van der Waals surface area contributed by atoms with E-state index in [0.29, 0.717) is 46.2 Å². The number of aryl methyl sites for hydroxylation is 1. The summed E-state index contributed by atoms with van der Waals surface area (Å²) >= 11 is 7.48. The number of ether oxygens (including phenoxy) is 1. The molecular formula is C21H27ClN6O4S. The van der Waals surface area contributed by atoms with Crippen molar-refractivity contribution in [2.75, 3.05) is 30.3 Å². The molecule has 33 heavy (non-hydrogen) atoms. The van der Waals surface area contributed by atoms with Crippen LogP contribution >= 0.6 is 23.4 Å². The molecule has 2 aliphatic heterocycles. The van der Waals surface area contributed by atoms with Crippen LogP contribution in [0.4, 0.5) is 16.6 Å². The standard InChI is InChI=1S/C21H27ClN6O4S/c1-11-15(33-13-4-7-24-17(23)14(13)22)18(29)27(3)19(25-11)28-8-5-21(6-9-28)10-32-12(2)16(21)26-20(30)31/h4,7,12,16,26H,5-6,8-10H2,1-3H3,(H2,23,24)(H,30,31)/t12-,16+/m0/s1. The van der Waals surface area contributed by atoms with Crippen molar-refractivity contribution < 1.29 is 14.6 Å². The summed E-state index contributed by atoms with van der Waals surface area (Å²) < 4.78 is 7.36. The maximum absolute atomic E-state index is 13.2. The molecule has 2 fully saturated rings. The zero-order valence-corrected chi connectivity index (χ0v) is 20.2. The topological polar surface area (TPSA) is 136 Å². The highest BCUT2D eigenvalue weighted by Crippen LogP contribution is 2.43. The Balaban J connectivity index is 1.56. The number of piperidine rings is 1. The summed E-state index contributed by atoms with van der Waals surface area (Å²) in [4.78, 5) is 36.4. The summed E-state index contributed by atoms with van der Waals surface area (Å²) in [5.74, 6) is 0.801. The summed E-state index contributed by atoms with van der Waals surface area (Å²) in [5.41, 5.74) is 5.97. The fraction of sp³-hybridized carbons (Fsp3) is 0.524. The van der Waals surface area contributed by atoms with Gasteiger partial charge >= 0.3 is 6.09 Å². The number of anilines is 2. The third kappa shape index (κ3) is 4.36. The maximum atomic E-state index is 13.2. The number of nitrogens with two attached hydrogens (primary N) is 1. The van der Waals surface area contributed by atoms with E-state index >= 15 is 0 Å². The van der Waals surface area contributed by atoms with Crippen molar-refractivity contribution >= 4 is 41.2 Å². The average molecular weight is 495 g/mol. The van der Waals surface area contributed by atoms with Crippen LogP contribution in [-0.2, 0) is 11.8 Å². The van der Waals surface area contributed by atoms with Crippen LogP contribution < -0.4 is 21.5 Å². The third-order valence-electron chi connectivity index (χ3n) is 6.57. The Morgan fingerprint density at radius 3 is 2.79 bits per heavy atom. The first-order chi connectivity index (χ1) is 15.6. The van der Waals surface area contributed by atoms with Gasteiger partial charge in [0, 0.05) is 36.6 Å². The van der Waals surface area contributed by atoms with E-state index in [1.165, 1.54) is 11.8 Å². The summed E-state index contributed by atoms with van der Waals surface area (Å²) in [7, 11) is 1.70. The molecule has 0 unspecified atom stereocenters. The van der Waals surface area contributed by atoms with Crippen molar-refractivity contribution in [3.05, 3.63) is 33.3 Å². The van der Waals surface area contributed by atoms with E-state index in [1.54, 1.807) is 30.8 Å². The SMILES string of the molecule is Cc1nc(N2CCC3(CC2)CO[C@@H](C)[C@H]3NC(=O)O)n(C)c(=O)c1Sc1ccnc(N)c1Cl. The van der Waals surface area contributed by atoms with Crippen LogP contribution in [0.3, 0.4) is 0 Å². The quantitative estimate of drug-likeness (QED) is 0.585. The van der Waals surface area contributed by atoms with Gasteiger partial charge < -0.3 is 25.8 Å². The van der Waals surface area contributed by atoms with Gasteiger partial charge in [0.2, 0.25) is 5.95 Å². The Morgan fingerprint density at radius 1 is 1.42 bits per heavy atom. The molecule has 1 amide bonds. The smallest absolute Gasteiger partial charge is 0.404 e. The minimum Gasteiger partial charge on any atom is -0.465 e. The summed E-state index contributed by atoms with van der Waals surface area (Å²) in [5, 5.41) is 12.2. The zero-order valence-electron chi connectivity index (χ0n) is 18.7. The summed E-state index contributed by atoms with van der Waals surface area (Å²) in [6.07, 6.45) is 1.80. The fourth-order valence-corrected chi connectivity index (χ4v) is 5.88. The number of pyridine rings is 1. The maximum Gasteiger partial charge on any atom is 0.404 e. The van der Waals surface area contributed by atoms with Crippen LogP contribution in [0, 0.1) is 12.3 Å². The van der Waals surface area contributed by atoms with E-state index in [9.17, 15) is 14.7 Å². The van der Waals surface area contributed by atoms with E-state index < -0.39 is 6.09 Å². The van der Waals surface area contributed by atoms with Gasteiger partial charge in [-0.3, -0.25) is 9.36 Å². The molecule has 12 heteroatoms. The number of rotatable bonds is 4. The van der Waals surface area contributed by atoms with Crippen molar-refractivity contribution in [3.8, 4) is 0 Å². The third-order valence-corrected chi connectivity index (χ3v) is 8.32. The number of hydrogen-bond donors (Lipinski definition) is 3. The molecule has 2 aliphatic rings. The molecule has 2 saturated heterocycles. The van der Waals surface area contributed by atoms with Crippen molar-refractivity contribution in [2.45, 2.75) is 48.6 Å². The van der Waals surface area contributed by atoms with E-state index in [1.807, 2.05) is 6.92 Å². The first kappa shape index (κ1) is 23.7. The van der Waals surface area contributed by atoms with E-state index in [2.05, 4.69) is 15.2 Å². The molecule has 4 heterocycles. The first-order valence-corrected chi connectivity index (χ1v) is 11.8. The second kappa shape index (κ2) is 9.03. The van der Waals surface area contributed by atoms with Gasteiger partial charge in [-0.05, 0) is 32.8 Å². The Kier molecular flexibility index (Phi) is 6.47. The zero-order chi connectivity index (χ0) is 23.9. The lowest BCUT2D eigenvalue weighted by Crippen LogP contribution is -2.54. The van der Waals surface area contributed by atoms with E-state index in [-0.39, 0.29) is 28.9 Å². The van der Waals surface area contributed by atoms with Crippen LogP contribution in [0.25, 0.3) is 0 Å². The van der Waals surface area contributed by atoms with Crippen molar-refractivity contribution in [1.29, 1.82) is 0 Å². The second-order valence-corrected chi connectivity index (χ2v) is 10.0. The van der Waals surface area contributed by atoms with Gasteiger partial charge in [-0.2, -0.15) is 0 Å². The van der Waals surface area contributed by atoms with E-state index in [4.69, 9.17) is 27.1 Å². The molecular weight excluding hydrogens is 468 g/mol. The summed E-state index contributed by atoms with van der Waals surface area (Å²) in [6.45, 7) is 5.51. The molecule has 0 saturated carbocycles. The molecule has 0 aromatic carbocycles. The number of nitrogens with one attached hydrogen (secondary N) is 1. The van der Waals surface area contributed by atoms with Crippen molar-refractivity contribution in [2.24, 2.45) is 12.5 Å². The fourth-order valence-electron chi connectivity index (χ4n) is 4.70. The molecule has 4 N–H and O–H groups in total. The lowest BCUT2D eigenvalue weighted by atomic mass is 9.73. The van der Waals surface area contributed by atoms with Gasteiger partial charge in [-0.15, -0.1) is 0 Å². The molecule has 10 nitrogen and oxygen atoms in total. The highest BCUT2D eigenvalue weighted by atomic mass is 35.5. The molecule has 0 radical (unpaired) electrons. The van der Waals surface area contributed by atoms with Crippen LogP contribution in [0.15, 0.2) is 26.8 Å². The van der Waals surface area contributed by atoms with Crippen LogP contribution in [0.1, 0.15) is 25.5 Å². The number of halogens is 1. The predicted octanol–water partition coefficient (Wildman–Crippen LogP) is 2.51. The largest absolute Gasteiger partial charge is 0.465 e. The Hall–Kier alpha value is -2.50. The minimum absolute atomic E-state index is 0.169. The van der Waals surface area contributed by atoms with Gasteiger partial charge in [0.05, 0.1) is 34.4 Å². The lowest BCUT2D eigenvalue weighted by Gasteiger charge is -2.42.